The molecule has 0 heterocycles. The van der Waals surface area contributed by atoms with Crippen LogP contribution in [0.1, 0.15) is 30.9 Å². The number of hydrogen-bond donors (Lipinski definition) is 0. The van der Waals surface area contributed by atoms with Gasteiger partial charge in [0.05, 0.1) is 5.92 Å². The molecule has 3 rings (SSSR count). The van der Waals surface area contributed by atoms with Crippen LogP contribution in [0.2, 0.25) is 5.02 Å². The molecule has 0 radical (unpaired) electrons. The zero-order valence-corrected chi connectivity index (χ0v) is 16.7. The van der Waals surface area contributed by atoms with Gasteiger partial charge in [0.15, 0.2) is 0 Å². The van der Waals surface area contributed by atoms with Crippen LogP contribution in [0.5, 0.6) is 11.5 Å². The van der Waals surface area contributed by atoms with E-state index in [1.807, 2.05) is 80.6 Å². The van der Waals surface area contributed by atoms with Crippen molar-refractivity contribution in [1.82, 2.24) is 0 Å². The van der Waals surface area contributed by atoms with E-state index in [9.17, 15) is 4.79 Å². The molecule has 0 aliphatic rings. The van der Waals surface area contributed by atoms with Crippen LogP contribution in [0, 0.1) is 5.92 Å². The summed E-state index contributed by atoms with van der Waals surface area (Å²) in [5, 5.41) is 0.648. The highest BCUT2D eigenvalue weighted by Crippen LogP contribution is 2.28. The van der Waals surface area contributed by atoms with Gasteiger partial charge in [-0.2, -0.15) is 0 Å². The number of halogens is 1. The largest absolute Gasteiger partial charge is 0.460 e. The average Bonchev–Trinajstić information content (AvgIpc) is 2.69. The van der Waals surface area contributed by atoms with Crippen molar-refractivity contribution in [3.63, 3.8) is 0 Å². The maximum absolute atomic E-state index is 12.7. The predicted octanol–water partition coefficient (Wildman–Crippen LogP) is 6.62. The van der Waals surface area contributed by atoms with Gasteiger partial charge in [0.25, 0.3) is 0 Å². The summed E-state index contributed by atoms with van der Waals surface area (Å²) < 4.78 is 11.5. The van der Waals surface area contributed by atoms with Gasteiger partial charge < -0.3 is 9.47 Å². The topological polar surface area (TPSA) is 35.5 Å². The molecule has 0 bridgehead atoms. The Hall–Kier alpha value is -2.78. The zero-order valence-electron chi connectivity index (χ0n) is 16.0. The average molecular weight is 395 g/mol. The van der Waals surface area contributed by atoms with Gasteiger partial charge in [-0.1, -0.05) is 67.9 Å². The molecule has 0 aliphatic heterocycles. The Bertz CT molecular complexity index is 905. The molecule has 3 aromatic rings. The number of carbonyl (C=O) groups is 1. The molecule has 3 aromatic carbocycles. The van der Waals surface area contributed by atoms with Gasteiger partial charge in [-0.25, -0.2) is 0 Å². The quantitative estimate of drug-likeness (QED) is 0.422. The second-order valence-electron chi connectivity index (χ2n) is 6.94. The van der Waals surface area contributed by atoms with Gasteiger partial charge in [0.2, 0.25) is 0 Å². The van der Waals surface area contributed by atoms with Crippen molar-refractivity contribution in [1.29, 1.82) is 0 Å². The Kier molecular flexibility index (Phi) is 6.72. The highest BCUT2D eigenvalue weighted by atomic mass is 35.5. The van der Waals surface area contributed by atoms with Crippen LogP contribution in [0.3, 0.4) is 0 Å². The highest BCUT2D eigenvalue weighted by Gasteiger charge is 2.25. The number of esters is 1. The number of ether oxygens (including phenoxy) is 2. The fourth-order valence-electron chi connectivity index (χ4n) is 3.03. The summed E-state index contributed by atoms with van der Waals surface area (Å²) in [4.78, 5) is 12.7. The first kappa shape index (κ1) is 20.0. The first-order valence-corrected chi connectivity index (χ1v) is 9.64. The summed E-state index contributed by atoms with van der Waals surface area (Å²) in [7, 11) is 0. The number of hydrogen-bond acceptors (Lipinski definition) is 3. The normalized spacial score (nSPS) is 11.9. The molecule has 0 amide bonds. The van der Waals surface area contributed by atoms with Crippen LogP contribution in [0.25, 0.3) is 0 Å². The van der Waals surface area contributed by atoms with Gasteiger partial charge in [0.1, 0.15) is 18.1 Å². The van der Waals surface area contributed by atoms with Crippen molar-refractivity contribution >= 4 is 17.6 Å². The van der Waals surface area contributed by atoms with Crippen LogP contribution in [0.15, 0.2) is 78.9 Å². The van der Waals surface area contributed by atoms with Crippen LogP contribution in [0.4, 0.5) is 0 Å². The van der Waals surface area contributed by atoms with E-state index in [1.54, 1.807) is 12.1 Å². The molecule has 3 nitrogen and oxygen atoms in total. The van der Waals surface area contributed by atoms with E-state index in [-0.39, 0.29) is 24.4 Å². The summed E-state index contributed by atoms with van der Waals surface area (Å²) >= 11 is 5.96. The molecular weight excluding hydrogens is 372 g/mol. The minimum Gasteiger partial charge on any atom is -0.460 e. The third kappa shape index (κ3) is 5.37. The Morgan fingerprint density at radius 2 is 1.57 bits per heavy atom. The van der Waals surface area contributed by atoms with E-state index in [0.717, 1.165) is 16.9 Å². The second kappa shape index (κ2) is 9.43. The predicted molar refractivity (Wildman–Crippen MR) is 112 cm³/mol. The molecule has 4 heteroatoms. The Labute approximate surface area is 170 Å². The summed E-state index contributed by atoms with van der Waals surface area (Å²) in [6.45, 7) is 4.21. The van der Waals surface area contributed by atoms with Crippen molar-refractivity contribution in [2.45, 2.75) is 26.4 Å². The minimum absolute atomic E-state index is 0.112. The zero-order chi connectivity index (χ0) is 19.9. The lowest BCUT2D eigenvalue weighted by Crippen LogP contribution is -2.20. The first-order valence-electron chi connectivity index (χ1n) is 9.27. The van der Waals surface area contributed by atoms with Crippen LogP contribution in [-0.2, 0) is 16.1 Å². The van der Waals surface area contributed by atoms with Crippen molar-refractivity contribution in [2.75, 3.05) is 0 Å². The van der Waals surface area contributed by atoms with Crippen LogP contribution in [-0.4, -0.2) is 5.97 Å². The smallest absolute Gasteiger partial charge is 0.314 e. The lowest BCUT2D eigenvalue weighted by atomic mass is 9.88. The van der Waals surface area contributed by atoms with E-state index in [1.165, 1.54) is 0 Å². The SMILES string of the molecule is CC(C)[C@@H](C(=O)OCc1cccc(Oc2ccccc2)c1)c1ccc(Cl)cc1. The van der Waals surface area contributed by atoms with Crippen LogP contribution < -0.4 is 4.74 Å². The fraction of sp³-hybridized carbons (Fsp3) is 0.208. The number of carbonyl (C=O) groups excluding carboxylic acids is 1. The van der Waals surface area contributed by atoms with Gasteiger partial charge in [-0.05, 0) is 53.4 Å². The monoisotopic (exact) mass is 394 g/mol. The summed E-state index contributed by atoms with van der Waals surface area (Å²) in [6, 6.07) is 24.5. The molecule has 0 spiro atoms. The molecule has 0 fully saturated rings. The lowest BCUT2D eigenvalue weighted by Gasteiger charge is -2.20. The maximum atomic E-state index is 12.7. The molecule has 28 heavy (non-hydrogen) atoms. The number of rotatable bonds is 7. The van der Waals surface area contributed by atoms with E-state index in [2.05, 4.69) is 0 Å². The van der Waals surface area contributed by atoms with Crippen molar-refractivity contribution in [3.8, 4) is 11.5 Å². The molecular formula is C24H23ClO3. The van der Waals surface area contributed by atoms with Gasteiger partial charge in [0, 0.05) is 5.02 Å². The molecule has 0 unspecified atom stereocenters. The molecule has 0 saturated carbocycles. The molecule has 0 aliphatic carbocycles. The van der Waals surface area contributed by atoms with E-state index in [4.69, 9.17) is 21.1 Å². The molecule has 0 saturated heterocycles. The molecule has 1 atom stereocenters. The maximum Gasteiger partial charge on any atom is 0.314 e. The van der Waals surface area contributed by atoms with Crippen molar-refractivity contribution in [2.24, 2.45) is 5.92 Å². The standard InChI is InChI=1S/C24H23ClO3/c1-17(2)23(19-11-13-20(25)14-12-19)24(26)27-16-18-7-6-10-22(15-18)28-21-8-4-3-5-9-21/h3-15,17,23H,16H2,1-2H3/t23-/m1/s1. The highest BCUT2D eigenvalue weighted by molar-refractivity contribution is 6.30. The third-order valence-electron chi connectivity index (χ3n) is 4.41. The number of para-hydroxylation sites is 1. The van der Waals surface area contributed by atoms with E-state index in [0.29, 0.717) is 10.8 Å². The fourth-order valence-corrected chi connectivity index (χ4v) is 3.16. The third-order valence-corrected chi connectivity index (χ3v) is 4.66. The summed E-state index contributed by atoms with van der Waals surface area (Å²) in [6.07, 6.45) is 0. The second-order valence-corrected chi connectivity index (χ2v) is 7.38. The van der Waals surface area contributed by atoms with Gasteiger partial charge >= 0.3 is 5.97 Å². The molecule has 0 N–H and O–H groups in total. The molecule has 0 aromatic heterocycles. The van der Waals surface area contributed by atoms with E-state index >= 15 is 0 Å². The lowest BCUT2D eigenvalue weighted by molar-refractivity contribution is -0.148. The Morgan fingerprint density at radius 1 is 0.893 bits per heavy atom. The Balaban J connectivity index is 1.66. The molecule has 144 valence electrons. The van der Waals surface area contributed by atoms with Gasteiger partial charge in [-0.15, -0.1) is 0 Å². The van der Waals surface area contributed by atoms with E-state index < -0.39 is 0 Å². The van der Waals surface area contributed by atoms with Gasteiger partial charge in [-0.3, -0.25) is 4.79 Å². The van der Waals surface area contributed by atoms with Crippen molar-refractivity contribution in [3.05, 3.63) is 95.0 Å². The summed E-state index contributed by atoms with van der Waals surface area (Å²) in [5.41, 5.74) is 1.78. The van der Waals surface area contributed by atoms with Crippen molar-refractivity contribution < 1.29 is 14.3 Å². The van der Waals surface area contributed by atoms with Crippen LogP contribution >= 0.6 is 11.6 Å². The minimum atomic E-state index is -0.332. The first-order chi connectivity index (χ1) is 13.5. The summed E-state index contributed by atoms with van der Waals surface area (Å²) in [5.74, 6) is 1.01. The number of benzene rings is 3. The Morgan fingerprint density at radius 3 is 2.25 bits per heavy atom.